The predicted molar refractivity (Wildman–Crippen MR) is 96.0 cm³/mol. The van der Waals surface area contributed by atoms with E-state index < -0.39 is 5.56 Å². The second-order valence-electron chi connectivity index (χ2n) is 6.51. The lowest BCUT2D eigenvalue weighted by Gasteiger charge is -2.33. The third-order valence-electron chi connectivity index (χ3n) is 4.72. The normalized spacial score (nSPS) is 15.2. The topological polar surface area (TPSA) is 91.0 Å². The van der Waals surface area contributed by atoms with Crippen LogP contribution in [0.4, 0.5) is 5.82 Å². The molecule has 3 heterocycles. The van der Waals surface area contributed by atoms with Gasteiger partial charge in [-0.15, -0.1) is 0 Å². The van der Waals surface area contributed by atoms with E-state index in [-0.39, 0.29) is 17.5 Å². The molecule has 0 atom stereocenters. The van der Waals surface area contributed by atoms with Gasteiger partial charge in [0.1, 0.15) is 11.4 Å². The maximum absolute atomic E-state index is 12.5. The van der Waals surface area contributed by atoms with Gasteiger partial charge in [0, 0.05) is 24.8 Å². The molecule has 0 aliphatic carbocycles. The van der Waals surface area contributed by atoms with E-state index in [1.54, 1.807) is 13.8 Å². The molecule has 2 aromatic heterocycles. The van der Waals surface area contributed by atoms with E-state index in [4.69, 9.17) is 0 Å². The van der Waals surface area contributed by atoms with Crippen LogP contribution in [0.15, 0.2) is 23.0 Å². The van der Waals surface area contributed by atoms with Crippen LogP contribution in [-0.2, 0) is 0 Å². The van der Waals surface area contributed by atoms with E-state index in [9.17, 15) is 9.59 Å². The van der Waals surface area contributed by atoms with Crippen LogP contribution >= 0.6 is 0 Å². The lowest BCUT2D eigenvalue weighted by atomic mass is 10.0. The zero-order chi connectivity index (χ0) is 18.0. The summed E-state index contributed by atoms with van der Waals surface area (Å²) in [6.45, 7) is 7.15. The van der Waals surface area contributed by atoms with Gasteiger partial charge in [-0.2, -0.15) is 5.10 Å². The quantitative estimate of drug-likeness (QED) is 0.883. The molecule has 2 N–H and O–H groups in total. The van der Waals surface area contributed by atoms with Gasteiger partial charge in [-0.25, -0.2) is 10.1 Å². The molecule has 132 valence electrons. The zero-order valence-corrected chi connectivity index (χ0v) is 14.8. The first-order valence-corrected chi connectivity index (χ1v) is 8.51. The van der Waals surface area contributed by atoms with Crippen LogP contribution in [0.5, 0.6) is 0 Å². The Balaban J connectivity index is 1.64. The van der Waals surface area contributed by atoms with Gasteiger partial charge < -0.3 is 10.2 Å². The highest BCUT2D eigenvalue weighted by Crippen LogP contribution is 2.18. The number of hydrogen-bond donors (Lipinski definition) is 2. The van der Waals surface area contributed by atoms with Crippen LogP contribution in [0.2, 0.25) is 0 Å². The van der Waals surface area contributed by atoms with Crippen molar-refractivity contribution in [2.24, 2.45) is 0 Å². The van der Waals surface area contributed by atoms with Gasteiger partial charge in [-0.1, -0.05) is 6.07 Å². The number of aromatic nitrogens is 3. The van der Waals surface area contributed by atoms with Crippen molar-refractivity contribution in [2.45, 2.75) is 39.7 Å². The molecule has 7 heteroatoms. The van der Waals surface area contributed by atoms with Gasteiger partial charge in [-0.3, -0.25) is 9.59 Å². The summed E-state index contributed by atoms with van der Waals surface area (Å²) in [5.74, 6) is 0.651. The lowest BCUT2D eigenvalue weighted by molar-refractivity contribution is 0.0928. The molecular weight excluding hydrogens is 318 g/mol. The van der Waals surface area contributed by atoms with Crippen molar-refractivity contribution in [3.63, 3.8) is 0 Å². The minimum Gasteiger partial charge on any atom is -0.356 e. The summed E-state index contributed by atoms with van der Waals surface area (Å²) >= 11 is 0. The third kappa shape index (κ3) is 3.70. The molecule has 0 unspecified atom stereocenters. The van der Waals surface area contributed by atoms with Crippen molar-refractivity contribution in [2.75, 3.05) is 18.0 Å². The number of carbonyl (C=O) groups excluding carboxylic acids is 1. The molecule has 0 radical (unpaired) electrons. The van der Waals surface area contributed by atoms with Gasteiger partial charge in [0.05, 0.1) is 5.69 Å². The molecule has 1 saturated heterocycles. The summed E-state index contributed by atoms with van der Waals surface area (Å²) in [7, 11) is 0. The average Bonchev–Trinajstić information content (AvgIpc) is 2.59. The Labute approximate surface area is 146 Å². The first-order valence-electron chi connectivity index (χ1n) is 8.51. The number of carbonyl (C=O) groups is 1. The second-order valence-corrected chi connectivity index (χ2v) is 6.51. The van der Waals surface area contributed by atoms with Crippen molar-refractivity contribution < 1.29 is 4.79 Å². The Morgan fingerprint density at radius 3 is 2.64 bits per heavy atom. The fourth-order valence-corrected chi connectivity index (χ4v) is 3.11. The van der Waals surface area contributed by atoms with Crippen LogP contribution < -0.4 is 15.8 Å². The highest BCUT2D eigenvalue weighted by Gasteiger charge is 2.24. The minimum absolute atomic E-state index is 0.0563. The monoisotopic (exact) mass is 341 g/mol. The molecule has 0 saturated carbocycles. The number of nitrogens with zero attached hydrogens (tertiary/aromatic N) is 3. The maximum Gasteiger partial charge on any atom is 0.277 e. The Kier molecular flexibility index (Phi) is 4.83. The summed E-state index contributed by atoms with van der Waals surface area (Å²) < 4.78 is 0. The van der Waals surface area contributed by atoms with E-state index in [1.807, 2.05) is 25.1 Å². The van der Waals surface area contributed by atoms with E-state index in [2.05, 4.69) is 25.4 Å². The Morgan fingerprint density at radius 2 is 1.96 bits per heavy atom. The molecule has 2 aromatic rings. The first-order chi connectivity index (χ1) is 12.0. The number of rotatable bonds is 3. The molecule has 0 bridgehead atoms. The number of aryl methyl sites for hydroxylation is 2. The number of amides is 1. The minimum atomic E-state index is -0.443. The molecule has 25 heavy (non-hydrogen) atoms. The number of pyridine rings is 1. The number of H-pyrrole nitrogens is 1. The largest absolute Gasteiger partial charge is 0.356 e. The van der Waals surface area contributed by atoms with Crippen molar-refractivity contribution in [1.29, 1.82) is 0 Å². The number of hydrogen-bond acceptors (Lipinski definition) is 5. The Bertz CT molecular complexity index is 838. The molecule has 0 aromatic carbocycles. The van der Waals surface area contributed by atoms with E-state index >= 15 is 0 Å². The fraction of sp³-hybridized carbons (Fsp3) is 0.444. The summed E-state index contributed by atoms with van der Waals surface area (Å²) in [6, 6.07) is 6.05. The fourth-order valence-electron chi connectivity index (χ4n) is 3.11. The van der Waals surface area contributed by atoms with Gasteiger partial charge in [-0.05, 0) is 51.3 Å². The highest BCUT2D eigenvalue weighted by molar-refractivity contribution is 5.95. The SMILES string of the molecule is Cc1cccc(N2CCC(NC(=O)c3c(C)c(C)n[nH]c3=O)CC2)n1. The van der Waals surface area contributed by atoms with Crippen molar-refractivity contribution in [3.05, 3.63) is 51.1 Å². The number of nitrogens with one attached hydrogen (secondary N) is 2. The standard InChI is InChI=1S/C18H23N5O2/c1-11-5-4-6-15(19-11)23-9-7-14(8-10-23)20-17(24)16-12(2)13(3)21-22-18(16)25/h4-6,14H,7-10H2,1-3H3,(H,20,24)(H,22,25). The molecule has 1 fully saturated rings. The van der Waals surface area contributed by atoms with E-state index in [0.717, 1.165) is 37.4 Å². The summed E-state index contributed by atoms with van der Waals surface area (Å²) in [5.41, 5.74) is 2.00. The van der Waals surface area contributed by atoms with Gasteiger partial charge in [0.25, 0.3) is 11.5 Å². The van der Waals surface area contributed by atoms with Gasteiger partial charge >= 0.3 is 0 Å². The van der Waals surface area contributed by atoms with Crippen LogP contribution in [0.25, 0.3) is 0 Å². The molecule has 3 rings (SSSR count). The van der Waals surface area contributed by atoms with Crippen LogP contribution in [0.3, 0.4) is 0 Å². The molecule has 1 aliphatic rings. The second kappa shape index (κ2) is 7.04. The average molecular weight is 341 g/mol. The van der Waals surface area contributed by atoms with Crippen LogP contribution in [0, 0.1) is 20.8 Å². The predicted octanol–water partition coefficient (Wildman–Crippen LogP) is 1.49. The molecular formula is C18H23N5O2. The van der Waals surface area contributed by atoms with E-state index in [1.165, 1.54) is 0 Å². The zero-order valence-electron chi connectivity index (χ0n) is 14.8. The lowest BCUT2D eigenvalue weighted by Crippen LogP contribution is -2.46. The number of piperidine rings is 1. The summed E-state index contributed by atoms with van der Waals surface area (Å²) in [4.78, 5) is 31.2. The summed E-state index contributed by atoms with van der Waals surface area (Å²) in [5, 5.41) is 9.26. The summed E-state index contributed by atoms with van der Waals surface area (Å²) in [6.07, 6.45) is 1.64. The number of anilines is 1. The molecule has 0 spiro atoms. The smallest absolute Gasteiger partial charge is 0.277 e. The van der Waals surface area contributed by atoms with Crippen LogP contribution in [-0.4, -0.2) is 40.2 Å². The van der Waals surface area contributed by atoms with Crippen molar-refractivity contribution in [3.8, 4) is 0 Å². The first kappa shape index (κ1) is 17.1. The Morgan fingerprint density at radius 1 is 1.24 bits per heavy atom. The van der Waals surface area contributed by atoms with Gasteiger partial charge in [0.2, 0.25) is 0 Å². The number of aromatic amines is 1. The van der Waals surface area contributed by atoms with Crippen molar-refractivity contribution in [1.82, 2.24) is 20.5 Å². The van der Waals surface area contributed by atoms with Crippen LogP contribution in [0.1, 0.15) is 40.2 Å². The third-order valence-corrected chi connectivity index (χ3v) is 4.72. The molecule has 7 nitrogen and oxygen atoms in total. The molecule has 1 aliphatic heterocycles. The van der Waals surface area contributed by atoms with Gasteiger partial charge in [0.15, 0.2) is 0 Å². The van der Waals surface area contributed by atoms with Crippen molar-refractivity contribution >= 4 is 11.7 Å². The molecule has 1 amide bonds. The maximum atomic E-state index is 12.5. The Hall–Kier alpha value is -2.70. The van der Waals surface area contributed by atoms with E-state index in [0.29, 0.717) is 11.3 Å². The highest BCUT2D eigenvalue weighted by atomic mass is 16.2.